The van der Waals surface area contributed by atoms with Crippen LogP contribution >= 0.6 is 27.3 Å². The van der Waals surface area contributed by atoms with Gasteiger partial charge in [0.1, 0.15) is 0 Å². The first-order valence-corrected chi connectivity index (χ1v) is 8.41. The van der Waals surface area contributed by atoms with Gasteiger partial charge in [-0.3, -0.25) is 4.79 Å². The fourth-order valence-corrected chi connectivity index (χ4v) is 3.43. The van der Waals surface area contributed by atoms with Crippen molar-refractivity contribution in [3.8, 4) is 0 Å². The van der Waals surface area contributed by atoms with Crippen molar-refractivity contribution in [2.75, 3.05) is 13.6 Å². The van der Waals surface area contributed by atoms with Crippen LogP contribution in [-0.4, -0.2) is 35.6 Å². The lowest BCUT2D eigenvalue weighted by atomic mass is 9.97. The highest BCUT2D eigenvalue weighted by Gasteiger charge is 2.20. The van der Waals surface area contributed by atoms with E-state index in [1.54, 1.807) is 23.3 Å². The van der Waals surface area contributed by atoms with Gasteiger partial charge < -0.3 is 15.3 Å². The molecule has 118 valence electrons. The normalized spacial score (nSPS) is 12.2. The number of hydrogen-bond acceptors (Lipinski definition) is 3. The molecule has 1 aromatic rings. The summed E-state index contributed by atoms with van der Waals surface area (Å²) in [4.78, 5) is 25.7. The number of carbonyl (C=O) groups excluding carboxylic acids is 1. The molecule has 21 heavy (non-hydrogen) atoms. The first kappa shape index (κ1) is 18.0. The lowest BCUT2D eigenvalue weighted by Gasteiger charge is -2.20. The van der Waals surface area contributed by atoms with Gasteiger partial charge >= 0.3 is 12.0 Å². The Balaban J connectivity index is 2.45. The van der Waals surface area contributed by atoms with Gasteiger partial charge in [0.15, 0.2) is 0 Å². The monoisotopic (exact) mass is 376 g/mol. The van der Waals surface area contributed by atoms with Crippen molar-refractivity contribution in [1.82, 2.24) is 10.2 Å². The minimum atomic E-state index is -0.867. The Kier molecular flexibility index (Phi) is 7.17. The second-order valence-corrected chi connectivity index (χ2v) is 7.35. The lowest BCUT2D eigenvalue weighted by Crippen LogP contribution is -2.40. The van der Waals surface area contributed by atoms with E-state index in [1.165, 1.54) is 0 Å². The van der Waals surface area contributed by atoms with Crippen molar-refractivity contribution in [2.24, 2.45) is 11.8 Å². The van der Waals surface area contributed by atoms with Crippen LogP contribution in [0.1, 0.15) is 25.1 Å². The van der Waals surface area contributed by atoms with Crippen LogP contribution in [0.5, 0.6) is 0 Å². The number of carbonyl (C=O) groups is 2. The van der Waals surface area contributed by atoms with E-state index >= 15 is 0 Å². The summed E-state index contributed by atoms with van der Waals surface area (Å²) in [5, 5.41) is 13.8. The number of carboxylic acids is 1. The quantitative estimate of drug-likeness (QED) is 0.765. The van der Waals surface area contributed by atoms with E-state index in [0.717, 1.165) is 9.35 Å². The Bertz CT molecular complexity index is 490. The van der Waals surface area contributed by atoms with E-state index in [2.05, 4.69) is 21.2 Å². The smallest absolute Gasteiger partial charge is 0.317 e. The summed E-state index contributed by atoms with van der Waals surface area (Å²) in [5.74, 6) is -1.13. The minimum Gasteiger partial charge on any atom is -0.481 e. The van der Waals surface area contributed by atoms with Crippen LogP contribution in [0.15, 0.2) is 15.9 Å². The number of urea groups is 1. The molecule has 1 heterocycles. The number of nitrogens with zero attached hydrogens (tertiary/aromatic N) is 1. The molecule has 2 amide bonds. The van der Waals surface area contributed by atoms with Crippen LogP contribution in [0.3, 0.4) is 0 Å². The van der Waals surface area contributed by atoms with E-state index in [1.807, 2.05) is 25.3 Å². The molecule has 0 aromatic carbocycles. The predicted octanol–water partition coefficient (Wildman–Crippen LogP) is 3.40. The molecule has 0 bridgehead atoms. The zero-order chi connectivity index (χ0) is 16.0. The minimum absolute atomic E-state index is 0.158. The second-order valence-electron chi connectivity index (χ2n) is 5.44. The van der Waals surface area contributed by atoms with Crippen LogP contribution < -0.4 is 5.32 Å². The Morgan fingerprint density at radius 3 is 2.62 bits per heavy atom. The van der Waals surface area contributed by atoms with E-state index in [-0.39, 0.29) is 18.5 Å². The molecule has 0 aliphatic heterocycles. The zero-order valence-electron chi connectivity index (χ0n) is 12.4. The maximum Gasteiger partial charge on any atom is 0.317 e. The fourth-order valence-electron chi connectivity index (χ4n) is 1.93. The third kappa shape index (κ3) is 6.48. The van der Waals surface area contributed by atoms with E-state index in [4.69, 9.17) is 5.11 Å². The number of carboxylic acid groups (broad SMARTS) is 1. The number of nitrogens with one attached hydrogen (secondary N) is 1. The van der Waals surface area contributed by atoms with Crippen LogP contribution in [0, 0.1) is 11.8 Å². The molecular weight excluding hydrogens is 356 g/mol. The third-order valence-electron chi connectivity index (χ3n) is 2.97. The number of hydrogen-bond donors (Lipinski definition) is 2. The molecule has 1 rings (SSSR count). The predicted molar refractivity (Wildman–Crippen MR) is 87.5 cm³/mol. The Hall–Kier alpha value is -1.08. The van der Waals surface area contributed by atoms with Crippen molar-refractivity contribution < 1.29 is 14.7 Å². The molecule has 2 N–H and O–H groups in total. The Labute approximate surface area is 137 Å². The van der Waals surface area contributed by atoms with Gasteiger partial charge in [-0.15, -0.1) is 11.3 Å². The van der Waals surface area contributed by atoms with Crippen LogP contribution in [0.4, 0.5) is 4.79 Å². The fraction of sp³-hybridized carbons (Fsp3) is 0.571. The zero-order valence-corrected chi connectivity index (χ0v) is 14.8. The van der Waals surface area contributed by atoms with Crippen LogP contribution in [0.25, 0.3) is 0 Å². The first-order valence-electron chi connectivity index (χ1n) is 6.74. The summed E-state index contributed by atoms with van der Waals surface area (Å²) >= 11 is 4.94. The SMILES string of the molecule is CC(C)CC(CNC(=O)N(C)Cc1cc(Br)cs1)C(=O)O. The van der Waals surface area contributed by atoms with Crippen molar-refractivity contribution in [3.63, 3.8) is 0 Å². The molecule has 1 aromatic heterocycles. The van der Waals surface area contributed by atoms with Gasteiger partial charge in [-0.2, -0.15) is 0 Å². The molecule has 0 saturated carbocycles. The Morgan fingerprint density at radius 2 is 2.14 bits per heavy atom. The summed E-state index contributed by atoms with van der Waals surface area (Å²) in [5.41, 5.74) is 0. The van der Waals surface area contributed by atoms with Crippen LogP contribution in [-0.2, 0) is 11.3 Å². The highest BCUT2D eigenvalue weighted by molar-refractivity contribution is 9.10. The van der Waals surface area contributed by atoms with Crippen molar-refractivity contribution in [1.29, 1.82) is 0 Å². The maximum absolute atomic E-state index is 12.0. The van der Waals surface area contributed by atoms with Gasteiger partial charge in [-0.05, 0) is 34.3 Å². The molecule has 0 fully saturated rings. The molecular formula is C14H21BrN2O3S. The molecule has 7 heteroatoms. The lowest BCUT2D eigenvalue weighted by molar-refractivity contribution is -0.142. The largest absolute Gasteiger partial charge is 0.481 e. The molecule has 5 nitrogen and oxygen atoms in total. The average molecular weight is 377 g/mol. The summed E-state index contributed by atoms with van der Waals surface area (Å²) in [6.07, 6.45) is 0.553. The Morgan fingerprint density at radius 1 is 1.48 bits per heavy atom. The number of aliphatic carboxylic acids is 1. The van der Waals surface area contributed by atoms with E-state index in [0.29, 0.717) is 13.0 Å². The van der Waals surface area contributed by atoms with Crippen LogP contribution in [0.2, 0.25) is 0 Å². The molecule has 1 unspecified atom stereocenters. The molecule has 0 aliphatic rings. The topological polar surface area (TPSA) is 69.6 Å². The number of amides is 2. The standard InChI is InChI=1S/C14H21BrN2O3S/c1-9(2)4-10(13(18)19)6-16-14(20)17(3)7-12-5-11(15)8-21-12/h5,8-10H,4,6-7H2,1-3H3,(H,16,20)(H,18,19). The van der Waals surface area contributed by atoms with Gasteiger partial charge in [0.05, 0.1) is 12.5 Å². The third-order valence-corrected chi connectivity index (χ3v) is 4.65. The molecule has 0 spiro atoms. The van der Waals surface area contributed by atoms with Crippen molar-refractivity contribution in [3.05, 3.63) is 20.8 Å². The summed E-state index contributed by atoms with van der Waals surface area (Å²) in [7, 11) is 1.70. The number of halogens is 1. The van der Waals surface area contributed by atoms with E-state index in [9.17, 15) is 9.59 Å². The van der Waals surface area contributed by atoms with Crippen molar-refractivity contribution >= 4 is 39.3 Å². The average Bonchev–Trinajstić information content (AvgIpc) is 2.78. The number of rotatable bonds is 7. The van der Waals surface area contributed by atoms with E-state index < -0.39 is 11.9 Å². The van der Waals surface area contributed by atoms with Gasteiger partial charge in [-0.1, -0.05) is 13.8 Å². The molecule has 0 saturated heterocycles. The highest BCUT2D eigenvalue weighted by atomic mass is 79.9. The van der Waals surface area contributed by atoms with Gasteiger partial charge in [0.2, 0.25) is 0 Å². The van der Waals surface area contributed by atoms with Gasteiger partial charge in [-0.25, -0.2) is 4.79 Å². The van der Waals surface area contributed by atoms with Crippen molar-refractivity contribution in [2.45, 2.75) is 26.8 Å². The maximum atomic E-state index is 12.0. The number of thiophene rings is 1. The second kappa shape index (κ2) is 8.38. The molecule has 0 radical (unpaired) electrons. The molecule has 1 atom stereocenters. The summed E-state index contributed by atoms with van der Waals surface area (Å²) in [6.45, 7) is 4.60. The first-order chi connectivity index (χ1) is 9.79. The summed E-state index contributed by atoms with van der Waals surface area (Å²) in [6, 6.07) is 1.71. The highest BCUT2D eigenvalue weighted by Crippen LogP contribution is 2.20. The molecule has 0 aliphatic carbocycles. The summed E-state index contributed by atoms with van der Waals surface area (Å²) < 4.78 is 0.999. The van der Waals surface area contributed by atoms with Gasteiger partial charge in [0.25, 0.3) is 0 Å². The van der Waals surface area contributed by atoms with Gasteiger partial charge in [0, 0.05) is 28.3 Å².